The van der Waals surface area contributed by atoms with E-state index in [0.29, 0.717) is 25.3 Å². The van der Waals surface area contributed by atoms with Crippen LogP contribution in [0.4, 0.5) is 0 Å². The normalized spacial score (nSPS) is 24.5. The van der Waals surface area contributed by atoms with Crippen LogP contribution in [-0.4, -0.2) is 41.5 Å². The van der Waals surface area contributed by atoms with Crippen LogP contribution >= 0.6 is 0 Å². The zero-order valence-corrected chi connectivity index (χ0v) is 11.8. The number of carboxylic acid groups (broad SMARTS) is 1. The molecule has 1 aliphatic heterocycles. The Bertz CT molecular complexity index is 485. The highest BCUT2D eigenvalue weighted by molar-refractivity contribution is 5.79. The molecule has 2 N–H and O–H groups in total. The van der Waals surface area contributed by atoms with Gasteiger partial charge in [-0.2, -0.15) is 0 Å². The van der Waals surface area contributed by atoms with Gasteiger partial charge in [-0.05, 0) is 38.9 Å². The van der Waals surface area contributed by atoms with Crippen molar-refractivity contribution in [2.45, 2.75) is 26.3 Å². The van der Waals surface area contributed by atoms with Crippen LogP contribution in [0.2, 0.25) is 0 Å². The van der Waals surface area contributed by atoms with E-state index in [1.54, 1.807) is 19.3 Å². The minimum atomic E-state index is -0.802. The number of nitrogens with zero attached hydrogens (tertiary/aromatic N) is 1. The van der Waals surface area contributed by atoms with Gasteiger partial charge in [0.25, 0.3) is 0 Å². The molecule has 20 heavy (non-hydrogen) atoms. The summed E-state index contributed by atoms with van der Waals surface area (Å²) in [6.07, 6.45) is 2.14. The van der Waals surface area contributed by atoms with Gasteiger partial charge in [0.1, 0.15) is 5.76 Å². The highest BCUT2D eigenvalue weighted by Gasteiger charge is 2.40. The molecular weight excluding hydrogens is 260 g/mol. The maximum Gasteiger partial charge on any atom is 0.310 e. The Kier molecular flexibility index (Phi) is 4.13. The fraction of sp³-hybridized carbons (Fsp3) is 0.571. The molecule has 1 aromatic heterocycles. The third kappa shape index (κ3) is 3.19. The summed E-state index contributed by atoms with van der Waals surface area (Å²) < 4.78 is 5.22. The number of amides is 1. The average molecular weight is 280 g/mol. The number of furan rings is 1. The third-order valence-electron chi connectivity index (χ3n) is 3.78. The van der Waals surface area contributed by atoms with Crippen molar-refractivity contribution in [2.24, 2.45) is 5.41 Å². The van der Waals surface area contributed by atoms with E-state index in [-0.39, 0.29) is 18.5 Å². The first kappa shape index (κ1) is 14.6. The van der Waals surface area contributed by atoms with Crippen molar-refractivity contribution in [1.82, 2.24) is 10.2 Å². The predicted molar refractivity (Wildman–Crippen MR) is 72.1 cm³/mol. The first-order chi connectivity index (χ1) is 9.40. The van der Waals surface area contributed by atoms with E-state index >= 15 is 0 Å². The quantitative estimate of drug-likeness (QED) is 0.848. The topological polar surface area (TPSA) is 82.8 Å². The standard InChI is InChI=1S/C14H20N2O4/c1-10(11-4-3-7-20-11)15-12(17)8-16-6-5-14(2,9-16)13(18)19/h3-4,7,10H,5-6,8-9H2,1-2H3,(H,15,17)(H,18,19). The average Bonchev–Trinajstić information content (AvgIpc) is 2.99. The highest BCUT2D eigenvalue weighted by atomic mass is 16.4. The lowest BCUT2D eigenvalue weighted by atomic mass is 9.90. The molecule has 110 valence electrons. The molecule has 0 saturated carbocycles. The number of likely N-dealkylation sites (tertiary alicyclic amines) is 1. The number of rotatable bonds is 5. The number of nitrogens with one attached hydrogen (secondary N) is 1. The maximum atomic E-state index is 11.9. The second-order valence-electron chi connectivity index (χ2n) is 5.63. The first-order valence-corrected chi connectivity index (χ1v) is 6.69. The molecule has 0 aliphatic carbocycles. The molecule has 2 unspecified atom stereocenters. The Morgan fingerprint density at radius 1 is 1.60 bits per heavy atom. The van der Waals surface area contributed by atoms with Crippen molar-refractivity contribution in [1.29, 1.82) is 0 Å². The minimum Gasteiger partial charge on any atom is -0.481 e. The van der Waals surface area contributed by atoms with Crippen LogP contribution < -0.4 is 5.32 Å². The number of carbonyl (C=O) groups excluding carboxylic acids is 1. The van der Waals surface area contributed by atoms with Crippen LogP contribution in [0.3, 0.4) is 0 Å². The summed E-state index contributed by atoms with van der Waals surface area (Å²) in [7, 11) is 0. The Morgan fingerprint density at radius 3 is 2.90 bits per heavy atom. The molecule has 2 rings (SSSR count). The third-order valence-corrected chi connectivity index (χ3v) is 3.78. The second-order valence-corrected chi connectivity index (χ2v) is 5.63. The van der Waals surface area contributed by atoms with Gasteiger partial charge in [0.2, 0.25) is 5.91 Å². The van der Waals surface area contributed by atoms with Gasteiger partial charge in [-0.15, -0.1) is 0 Å². The van der Waals surface area contributed by atoms with Gasteiger partial charge in [-0.3, -0.25) is 14.5 Å². The number of carbonyl (C=O) groups is 2. The van der Waals surface area contributed by atoms with E-state index in [9.17, 15) is 9.59 Å². The predicted octanol–water partition coefficient (Wildman–Crippen LogP) is 1.25. The van der Waals surface area contributed by atoms with Crippen molar-refractivity contribution < 1.29 is 19.1 Å². The molecule has 0 radical (unpaired) electrons. The van der Waals surface area contributed by atoms with E-state index in [0.717, 1.165) is 0 Å². The molecule has 1 aromatic rings. The summed E-state index contributed by atoms with van der Waals surface area (Å²) in [6.45, 7) is 4.82. The van der Waals surface area contributed by atoms with Gasteiger partial charge in [0.05, 0.1) is 24.3 Å². The lowest BCUT2D eigenvalue weighted by molar-refractivity contribution is -0.147. The van der Waals surface area contributed by atoms with Gasteiger partial charge in [0.15, 0.2) is 0 Å². The van der Waals surface area contributed by atoms with Gasteiger partial charge in [-0.1, -0.05) is 0 Å². The zero-order valence-electron chi connectivity index (χ0n) is 11.8. The number of hydrogen-bond donors (Lipinski definition) is 2. The molecule has 1 saturated heterocycles. The van der Waals surface area contributed by atoms with Crippen molar-refractivity contribution >= 4 is 11.9 Å². The van der Waals surface area contributed by atoms with E-state index < -0.39 is 11.4 Å². The lowest BCUT2D eigenvalue weighted by Crippen LogP contribution is -2.39. The van der Waals surface area contributed by atoms with E-state index in [1.165, 1.54) is 0 Å². The molecular formula is C14H20N2O4. The van der Waals surface area contributed by atoms with Gasteiger partial charge in [-0.25, -0.2) is 0 Å². The lowest BCUT2D eigenvalue weighted by Gasteiger charge is -2.20. The molecule has 2 atom stereocenters. The smallest absolute Gasteiger partial charge is 0.310 e. The zero-order chi connectivity index (χ0) is 14.8. The van der Waals surface area contributed by atoms with Crippen molar-refractivity contribution in [3.05, 3.63) is 24.2 Å². The monoisotopic (exact) mass is 280 g/mol. The van der Waals surface area contributed by atoms with Crippen molar-refractivity contribution in [3.63, 3.8) is 0 Å². The molecule has 0 bridgehead atoms. The molecule has 0 aromatic carbocycles. The molecule has 1 amide bonds. The Balaban J connectivity index is 1.83. The summed E-state index contributed by atoms with van der Waals surface area (Å²) in [5.41, 5.74) is -0.743. The summed E-state index contributed by atoms with van der Waals surface area (Å²) in [6, 6.07) is 3.39. The second kappa shape index (κ2) is 5.66. The summed E-state index contributed by atoms with van der Waals surface area (Å²) >= 11 is 0. The highest BCUT2D eigenvalue weighted by Crippen LogP contribution is 2.29. The molecule has 2 heterocycles. The summed E-state index contributed by atoms with van der Waals surface area (Å²) in [5.74, 6) is -0.219. The number of aliphatic carboxylic acids is 1. The maximum absolute atomic E-state index is 11.9. The summed E-state index contributed by atoms with van der Waals surface area (Å²) in [4.78, 5) is 25.0. The van der Waals surface area contributed by atoms with Crippen LogP contribution in [0.1, 0.15) is 32.1 Å². The van der Waals surface area contributed by atoms with Gasteiger partial charge < -0.3 is 14.8 Å². The summed E-state index contributed by atoms with van der Waals surface area (Å²) in [5, 5.41) is 12.0. The number of carboxylic acids is 1. The van der Waals surface area contributed by atoms with E-state index in [4.69, 9.17) is 9.52 Å². The molecule has 6 nitrogen and oxygen atoms in total. The SMILES string of the molecule is CC(NC(=O)CN1CCC(C)(C(=O)O)C1)c1ccco1. The van der Waals surface area contributed by atoms with Crippen LogP contribution in [0.15, 0.2) is 22.8 Å². The van der Waals surface area contributed by atoms with Crippen LogP contribution in [0, 0.1) is 5.41 Å². The van der Waals surface area contributed by atoms with Gasteiger partial charge >= 0.3 is 5.97 Å². The molecule has 0 spiro atoms. The first-order valence-electron chi connectivity index (χ1n) is 6.69. The Hall–Kier alpha value is -1.82. The van der Waals surface area contributed by atoms with E-state index in [1.807, 2.05) is 17.9 Å². The molecule has 1 aliphatic rings. The van der Waals surface area contributed by atoms with Crippen LogP contribution in [0.5, 0.6) is 0 Å². The van der Waals surface area contributed by atoms with Gasteiger partial charge in [0, 0.05) is 6.54 Å². The minimum absolute atomic E-state index is 0.122. The van der Waals surface area contributed by atoms with Crippen molar-refractivity contribution in [2.75, 3.05) is 19.6 Å². The largest absolute Gasteiger partial charge is 0.481 e. The Labute approximate surface area is 117 Å². The number of hydrogen-bond acceptors (Lipinski definition) is 4. The Morgan fingerprint density at radius 2 is 2.35 bits per heavy atom. The van der Waals surface area contributed by atoms with Crippen molar-refractivity contribution in [3.8, 4) is 0 Å². The fourth-order valence-corrected chi connectivity index (χ4v) is 2.47. The van der Waals surface area contributed by atoms with Crippen LogP contribution in [-0.2, 0) is 9.59 Å². The fourth-order valence-electron chi connectivity index (χ4n) is 2.47. The molecule has 1 fully saturated rings. The molecule has 6 heteroatoms. The van der Waals surface area contributed by atoms with Crippen LogP contribution in [0.25, 0.3) is 0 Å². The van der Waals surface area contributed by atoms with E-state index in [2.05, 4.69) is 5.32 Å².